The first-order valence-electron chi connectivity index (χ1n) is 10.6. The predicted octanol–water partition coefficient (Wildman–Crippen LogP) is 5.89. The van der Waals surface area contributed by atoms with Crippen LogP contribution in [0.25, 0.3) is 0 Å². The molecule has 3 rings (SSSR count). The summed E-state index contributed by atoms with van der Waals surface area (Å²) in [5.41, 5.74) is 3.28. The van der Waals surface area contributed by atoms with Gasteiger partial charge in [-0.15, -0.1) is 0 Å². The van der Waals surface area contributed by atoms with Crippen LogP contribution in [0.4, 0.5) is 5.69 Å². The fourth-order valence-corrected chi connectivity index (χ4v) is 3.53. The van der Waals surface area contributed by atoms with Crippen LogP contribution in [-0.2, 0) is 16.0 Å². The minimum atomic E-state index is -0.426. The molecule has 0 spiro atoms. The lowest BCUT2D eigenvalue weighted by Crippen LogP contribution is -2.24. The van der Waals surface area contributed by atoms with Gasteiger partial charge in [0.05, 0.1) is 12.0 Å². The molecule has 0 unspecified atom stereocenters. The van der Waals surface area contributed by atoms with Gasteiger partial charge in [0.1, 0.15) is 11.4 Å². The Morgan fingerprint density at radius 3 is 2.24 bits per heavy atom. The molecule has 0 bridgehead atoms. The molecule has 0 aliphatic carbocycles. The van der Waals surface area contributed by atoms with Gasteiger partial charge in [-0.3, -0.25) is 4.79 Å². The first-order chi connectivity index (χ1) is 15.6. The average molecular weight is 462 g/mol. The molecule has 33 heavy (non-hydrogen) atoms. The number of carbonyl (C=O) groups excluding carboxylic acids is 2. The van der Waals surface area contributed by atoms with Crippen LogP contribution < -0.4 is 10.1 Å². The van der Waals surface area contributed by atoms with Gasteiger partial charge in [0.15, 0.2) is 5.05 Å². The summed E-state index contributed by atoms with van der Waals surface area (Å²) in [6.45, 7) is 7.77. The molecule has 0 aromatic heterocycles. The molecule has 0 atom stereocenters. The van der Waals surface area contributed by atoms with Gasteiger partial charge in [-0.05, 0) is 87.4 Å². The van der Waals surface area contributed by atoms with E-state index in [-0.39, 0.29) is 12.3 Å². The third-order valence-electron chi connectivity index (χ3n) is 4.65. The second-order valence-corrected chi connectivity index (χ2v) is 9.03. The monoisotopic (exact) mass is 461 g/mol. The molecule has 1 N–H and O–H groups in total. The minimum Gasteiger partial charge on any atom is -0.477 e. The number of hydrogen-bond donors (Lipinski definition) is 1. The van der Waals surface area contributed by atoms with E-state index >= 15 is 0 Å². The van der Waals surface area contributed by atoms with Crippen molar-refractivity contribution >= 4 is 34.8 Å². The maximum absolute atomic E-state index is 12.6. The summed E-state index contributed by atoms with van der Waals surface area (Å²) >= 11 is 5.44. The van der Waals surface area contributed by atoms with Crippen molar-refractivity contribution in [2.45, 2.75) is 39.7 Å². The fraction of sp³-hybridized carbons (Fsp3) is 0.222. The highest BCUT2D eigenvalue weighted by Crippen LogP contribution is 2.21. The van der Waals surface area contributed by atoms with Crippen LogP contribution in [0.2, 0.25) is 0 Å². The number of hydrogen-bond acceptors (Lipinski definition) is 5. The molecule has 6 heteroatoms. The van der Waals surface area contributed by atoms with Crippen LogP contribution in [0.15, 0.2) is 72.8 Å². The van der Waals surface area contributed by atoms with E-state index in [0.717, 1.165) is 16.7 Å². The van der Waals surface area contributed by atoms with Gasteiger partial charge in [-0.1, -0.05) is 36.4 Å². The van der Waals surface area contributed by atoms with Crippen molar-refractivity contribution in [3.05, 3.63) is 95.1 Å². The number of thiocarbonyl (C=S) groups is 1. The molecule has 0 radical (unpaired) electrons. The van der Waals surface area contributed by atoms with Crippen LogP contribution in [0, 0.1) is 6.92 Å². The van der Waals surface area contributed by atoms with E-state index in [4.69, 9.17) is 21.7 Å². The van der Waals surface area contributed by atoms with Crippen LogP contribution >= 0.6 is 12.2 Å². The minimum absolute atomic E-state index is 0.165. The number of anilines is 1. The number of ether oxygens (including phenoxy) is 2. The molecule has 0 aliphatic heterocycles. The van der Waals surface area contributed by atoms with Gasteiger partial charge in [-0.2, -0.15) is 0 Å². The van der Waals surface area contributed by atoms with Crippen LogP contribution in [0.1, 0.15) is 47.8 Å². The molecular weight excluding hydrogens is 434 g/mol. The van der Waals surface area contributed by atoms with Crippen molar-refractivity contribution in [1.82, 2.24) is 0 Å². The summed E-state index contributed by atoms with van der Waals surface area (Å²) in [4.78, 5) is 24.7. The molecule has 0 heterocycles. The zero-order chi connectivity index (χ0) is 24.0. The standard InChI is InChI=1S/C27H27NO4S/c1-18-10-13-21(17-23(18)26(33)32-27(2,3)4)28-24(29)16-19-11-14-22(15-12-19)31-25(30)20-8-6-5-7-9-20/h5-15,17H,16H2,1-4H3,(H,28,29). The molecule has 3 aromatic rings. The van der Waals surface area contributed by atoms with Crippen LogP contribution in [-0.4, -0.2) is 22.5 Å². The number of aryl methyl sites for hydroxylation is 1. The molecule has 0 fully saturated rings. The lowest BCUT2D eigenvalue weighted by Gasteiger charge is -2.22. The van der Waals surface area contributed by atoms with E-state index in [0.29, 0.717) is 22.1 Å². The highest BCUT2D eigenvalue weighted by Gasteiger charge is 2.17. The second-order valence-electron chi connectivity index (χ2n) is 8.66. The first kappa shape index (κ1) is 24.1. The van der Waals surface area contributed by atoms with Gasteiger partial charge in [0.25, 0.3) is 0 Å². The Morgan fingerprint density at radius 1 is 0.939 bits per heavy atom. The maximum atomic E-state index is 12.6. The van der Waals surface area contributed by atoms with E-state index in [9.17, 15) is 9.59 Å². The number of carbonyl (C=O) groups is 2. The zero-order valence-electron chi connectivity index (χ0n) is 19.2. The van der Waals surface area contributed by atoms with Crippen LogP contribution in [0.3, 0.4) is 0 Å². The smallest absolute Gasteiger partial charge is 0.343 e. The normalized spacial score (nSPS) is 10.9. The molecule has 0 saturated carbocycles. The lowest BCUT2D eigenvalue weighted by atomic mass is 10.1. The summed E-state index contributed by atoms with van der Waals surface area (Å²) < 4.78 is 11.2. The Hall–Kier alpha value is -3.51. The van der Waals surface area contributed by atoms with Gasteiger partial charge >= 0.3 is 5.97 Å². The summed E-state index contributed by atoms with van der Waals surface area (Å²) in [6.07, 6.45) is 0.180. The van der Waals surface area contributed by atoms with E-state index in [1.54, 1.807) is 48.5 Å². The van der Waals surface area contributed by atoms with E-state index in [2.05, 4.69) is 5.32 Å². The van der Waals surface area contributed by atoms with Crippen molar-refractivity contribution in [3.8, 4) is 5.75 Å². The predicted molar refractivity (Wildman–Crippen MR) is 134 cm³/mol. The van der Waals surface area contributed by atoms with Crippen molar-refractivity contribution in [3.63, 3.8) is 0 Å². The Labute approximate surface area is 199 Å². The van der Waals surface area contributed by atoms with Crippen molar-refractivity contribution in [2.75, 3.05) is 5.32 Å². The summed E-state index contributed by atoms with van der Waals surface area (Å²) in [5, 5.41) is 3.30. The summed E-state index contributed by atoms with van der Waals surface area (Å²) in [7, 11) is 0. The summed E-state index contributed by atoms with van der Waals surface area (Å²) in [5.74, 6) is -0.172. The molecule has 1 amide bonds. The van der Waals surface area contributed by atoms with Gasteiger partial charge in [-0.25, -0.2) is 4.79 Å². The molecule has 5 nitrogen and oxygen atoms in total. The highest BCUT2D eigenvalue weighted by molar-refractivity contribution is 7.80. The van der Waals surface area contributed by atoms with E-state index in [1.807, 2.05) is 52.0 Å². The third kappa shape index (κ3) is 7.26. The SMILES string of the molecule is Cc1ccc(NC(=O)Cc2ccc(OC(=O)c3ccccc3)cc2)cc1C(=S)OC(C)(C)C. The Bertz CT molecular complexity index is 1150. The largest absolute Gasteiger partial charge is 0.477 e. The third-order valence-corrected chi connectivity index (χ3v) is 4.95. The van der Waals surface area contributed by atoms with Crippen molar-refractivity contribution < 1.29 is 19.1 Å². The van der Waals surface area contributed by atoms with Gasteiger partial charge < -0.3 is 14.8 Å². The molecule has 0 saturated heterocycles. The Kier molecular flexibility index (Phi) is 7.61. The molecule has 170 valence electrons. The van der Waals surface area contributed by atoms with Gasteiger partial charge in [0.2, 0.25) is 5.91 Å². The number of benzene rings is 3. The Balaban J connectivity index is 1.60. The molecular formula is C27H27NO4S. The number of amides is 1. The molecule has 3 aromatic carbocycles. The second kappa shape index (κ2) is 10.4. The van der Waals surface area contributed by atoms with Crippen molar-refractivity contribution in [1.29, 1.82) is 0 Å². The zero-order valence-corrected chi connectivity index (χ0v) is 20.0. The number of esters is 1. The fourth-order valence-electron chi connectivity index (χ4n) is 3.06. The number of nitrogens with one attached hydrogen (secondary N) is 1. The maximum Gasteiger partial charge on any atom is 0.343 e. The summed E-state index contributed by atoms with van der Waals surface area (Å²) in [6, 6.07) is 21.2. The average Bonchev–Trinajstić information content (AvgIpc) is 2.75. The quantitative estimate of drug-likeness (QED) is 0.282. The number of rotatable bonds is 6. The first-order valence-corrected chi connectivity index (χ1v) is 11.0. The lowest BCUT2D eigenvalue weighted by molar-refractivity contribution is -0.115. The van der Waals surface area contributed by atoms with Crippen molar-refractivity contribution in [2.24, 2.45) is 0 Å². The topological polar surface area (TPSA) is 64.6 Å². The van der Waals surface area contributed by atoms with E-state index < -0.39 is 11.6 Å². The van der Waals surface area contributed by atoms with Crippen LogP contribution in [0.5, 0.6) is 5.75 Å². The highest BCUT2D eigenvalue weighted by atomic mass is 32.1. The molecule has 0 aliphatic rings. The Morgan fingerprint density at radius 2 is 1.61 bits per heavy atom. The van der Waals surface area contributed by atoms with Gasteiger partial charge in [0, 0.05) is 11.3 Å². The van der Waals surface area contributed by atoms with E-state index in [1.165, 1.54) is 0 Å².